The second kappa shape index (κ2) is 5.91. The first-order valence-electron chi connectivity index (χ1n) is 5.20. The normalized spacial score (nSPS) is 13.6. The van der Waals surface area contributed by atoms with Crippen LogP contribution in [0.4, 0.5) is 0 Å². The average molecular weight is 244 g/mol. The van der Waals surface area contributed by atoms with Crippen LogP contribution in [0.3, 0.4) is 0 Å². The topological polar surface area (TPSA) is 80.2 Å². The summed E-state index contributed by atoms with van der Waals surface area (Å²) >= 11 is 0. The van der Waals surface area contributed by atoms with Gasteiger partial charge < -0.3 is 5.11 Å². The van der Waals surface area contributed by atoms with E-state index in [2.05, 4.69) is 9.97 Å². The van der Waals surface area contributed by atoms with Crippen molar-refractivity contribution in [2.24, 2.45) is 0 Å². The predicted octanol–water partition coefficient (Wildman–Crippen LogP) is 0.725. The largest absolute Gasteiger partial charge is 0.385 e. The van der Waals surface area contributed by atoms with Crippen molar-refractivity contribution >= 4 is 9.84 Å². The molecule has 1 unspecified atom stereocenters. The molecule has 0 aliphatic rings. The van der Waals surface area contributed by atoms with Crippen LogP contribution in [0.2, 0.25) is 0 Å². The Hall–Kier alpha value is -1.01. The number of hydrogen-bond donors (Lipinski definition) is 1. The molecule has 5 nitrogen and oxygen atoms in total. The molecule has 1 N–H and O–H groups in total. The molecule has 1 aromatic rings. The third kappa shape index (κ3) is 4.24. The highest BCUT2D eigenvalue weighted by atomic mass is 32.2. The molecule has 0 aromatic carbocycles. The third-order valence-electron chi connectivity index (χ3n) is 2.26. The molecular formula is C10H16N2O3S. The fraction of sp³-hybridized carbons (Fsp3) is 0.600. The third-order valence-corrected chi connectivity index (χ3v) is 4.05. The summed E-state index contributed by atoms with van der Waals surface area (Å²) in [5, 5.41) is 9.67. The van der Waals surface area contributed by atoms with E-state index in [0.29, 0.717) is 18.7 Å². The van der Waals surface area contributed by atoms with E-state index < -0.39 is 15.9 Å². The van der Waals surface area contributed by atoms with Crippen LogP contribution in [0.5, 0.6) is 0 Å². The van der Waals surface area contributed by atoms with Gasteiger partial charge in [-0.3, -0.25) is 0 Å². The van der Waals surface area contributed by atoms with Crippen LogP contribution in [0.15, 0.2) is 18.5 Å². The van der Waals surface area contributed by atoms with Crippen LogP contribution in [-0.2, 0) is 9.84 Å². The van der Waals surface area contributed by atoms with E-state index in [1.165, 1.54) is 0 Å². The fourth-order valence-corrected chi connectivity index (χ4v) is 2.15. The molecule has 0 saturated heterocycles. The molecule has 1 aromatic heterocycles. The standard InChI is InChI=1S/C10H16N2O3S/c1-2-16(14,15)8-3-5-9(13)10-11-6-4-7-12-10/h4,6-7,9,13H,2-3,5,8H2,1H3. The van der Waals surface area contributed by atoms with Crippen LogP contribution in [0.1, 0.15) is 31.7 Å². The molecule has 0 bridgehead atoms. The van der Waals surface area contributed by atoms with E-state index >= 15 is 0 Å². The fourth-order valence-electron chi connectivity index (χ4n) is 1.25. The van der Waals surface area contributed by atoms with Crippen molar-refractivity contribution < 1.29 is 13.5 Å². The van der Waals surface area contributed by atoms with Crippen molar-refractivity contribution in [2.45, 2.75) is 25.9 Å². The van der Waals surface area contributed by atoms with Crippen LogP contribution in [-0.4, -0.2) is 35.0 Å². The van der Waals surface area contributed by atoms with Gasteiger partial charge in [-0.1, -0.05) is 6.92 Å². The van der Waals surface area contributed by atoms with Crippen molar-refractivity contribution in [2.75, 3.05) is 11.5 Å². The minimum Gasteiger partial charge on any atom is -0.385 e. The quantitative estimate of drug-likeness (QED) is 0.797. The van der Waals surface area contributed by atoms with Gasteiger partial charge in [0.15, 0.2) is 5.82 Å². The monoisotopic (exact) mass is 244 g/mol. The Morgan fingerprint density at radius 2 is 2.00 bits per heavy atom. The Morgan fingerprint density at radius 3 is 2.56 bits per heavy atom. The highest BCUT2D eigenvalue weighted by Crippen LogP contribution is 2.13. The lowest BCUT2D eigenvalue weighted by atomic mass is 10.2. The first-order chi connectivity index (χ1) is 7.55. The minimum atomic E-state index is -2.95. The van der Waals surface area contributed by atoms with Gasteiger partial charge in [0.1, 0.15) is 15.9 Å². The van der Waals surface area contributed by atoms with Gasteiger partial charge in [-0.2, -0.15) is 0 Å². The Labute approximate surface area is 95.5 Å². The molecule has 0 aliphatic carbocycles. The molecule has 1 rings (SSSR count). The van der Waals surface area contributed by atoms with E-state index in [1.54, 1.807) is 25.4 Å². The SMILES string of the molecule is CCS(=O)(=O)CCCC(O)c1ncccn1. The maximum absolute atomic E-state index is 11.2. The number of hydrogen-bond acceptors (Lipinski definition) is 5. The second-order valence-electron chi connectivity index (χ2n) is 3.50. The minimum absolute atomic E-state index is 0.105. The van der Waals surface area contributed by atoms with Gasteiger partial charge >= 0.3 is 0 Å². The zero-order chi connectivity index (χ0) is 12.0. The number of sulfone groups is 1. The van der Waals surface area contributed by atoms with Crippen LogP contribution >= 0.6 is 0 Å². The van der Waals surface area contributed by atoms with Gasteiger partial charge in [0.2, 0.25) is 0 Å². The molecule has 6 heteroatoms. The highest BCUT2D eigenvalue weighted by Gasteiger charge is 2.12. The number of aromatic nitrogens is 2. The summed E-state index contributed by atoms with van der Waals surface area (Å²) in [5.74, 6) is 0.592. The molecule has 0 spiro atoms. The smallest absolute Gasteiger partial charge is 0.156 e. The van der Waals surface area contributed by atoms with Crippen molar-refractivity contribution in [3.8, 4) is 0 Å². The van der Waals surface area contributed by atoms with Crippen molar-refractivity contribution in [3.63, 3.8) is 0 Å². The molecule has 0 amide bonds. The Balaban J connectivity index is 2.40. The number of nitrogens with zero attached hydrogens (tertiary/aromatic N) is 2. The van der Waals surface area contributed by atoms with E-state index in [4.69, 9.17) is 0 Å². The summed E-state index contributed by atoms with van der Waals surface area (Å²) in [6.07, 6.45) is 3.11. The summed E-state index contributed by atoms with van der Waals surface area (Å²) < 4.78 is 22.4. The van der Waals surface area contributed by atoms with Gasteiger partial charge in [0.05, 0.1) is 5.75 Å². The summed E-state index contributed by atoms with van der Waals surface area (Å²) in [5.41, 5.74) is 0. The van der Waals surface area contributed by atoms with E-state index in [0.717, 1.165) is 0 Å². The Bertz CT molecular complexity index is 405. The van der Waals surface area contributed by atoms with E-state index in [9.17, 15) is 13.5 Å². The lowest BCUT2D eigenvalue weighted by Gasteiger charge is -2.08. The van der Waals surface area contributed by atoms with Crippen LogP contribution < -0.4 is 0 Å². The highest BCUT2D eigenvalue weighted by molar-refractivity contribution is 7.91. The Kier molecular flexibility index (Phi) is 4.82. The summed E-state index contributed by atoms with van der Waals surface area (Å²) in [4.78, 5) is 7.81. The van der Waals surface area contributed by atoms with Crippen molar-refractivity contribution in [1.29, 1.82) is 0 Å². The summed E-state index contributed by atoms with van der Waals surface area (Å²) in [6, 6.07) is 1.66. The van der Waals surface area contributed by atoms with E-state index in [1.807, 2.05) is 0 Å². The average Bonchev–Trinajstić information content (AvgIpc) is 2.30. The van der Waals surface area contributed by atoms with Gasteiger partial charge in [-0.25, -0.2) is 18.4 Å². The zero-order valence-electron chi connectivity index (χ0n) is 9.20. The summed E-state index contributed by atoms with van der Waals surface area (Å²) in [7, 11) is -2.95. The molecule has 16 heavy (non-hydrogen) atoms. The molecular weight excluding hydrogens is 228 g/mol. The first-order valence-corrected chi connectivity index (χ1v) is 7.02. The molecule has 1 atom stereocenters. The lowest BCUT2D eigenvalue weighted by Crippen LogP contribution is -2.10. The van der Waals surface area contributed by atoms with Gasteiger partial charge in [0.25, 0.3) is 0 Å². The van der Waals surface area contributed by atoms with Crippen LogP contribution in [0.25, 0.3) is 0 Å². The van der Waals surface area contributed by atoms with Gasteiger partial charge in [-0.05, 0) is 18.9 Å². The molecule has 0 radical (unpaired) electrons. The molecule has 1 heterocycles. The predicted molar refractivity (Wildman–Crippen MR) is 60.6 cm³/mol. The van der Waals surface area contributed by atoms with Crippen molar-refractivity contribution in [1.82, 2.24) is 9.97 Å². The molecule has 0 saturated carbocycles. The molecule has 90 valence electrons. The lowest BCUT2D eigenvalue weighted by molar-refractivity contribution is 0.157. The van der Waals surface area contributed by atoms with Gasteiger partial charge in [-0.15, -0.1) is 0 Å². The number of aliphatic hydroxyl groups excluding tert-OH is 1. The number of aliphatic hydroxyl groups is 1. The van der Waals surface area contributed by atoms with Crippen LogP contribution in [0, 0.1) is 0 Å². The maximum Gasteiger partial charge on any atom is 0.156 e. The second-order valence-corrected chi connectivity index (χ2v) is 5.97. The van der Waals surface area contributed by atoms with Gasteiger partial charge in [0, 0.05) is 18.1 Å². The number of rotatable bonds is 6. The van der Waals surface area contributed by atoms with Crippen molar-refractivity contribution in [3.05, 3.63) is 24.3 Å². The first kappa shape index (κ1) is 13.1. The maximum atomic E-state index is 11.2. The summed E-state index contributed by atoms with van der Waals surface area (Å²) in [6.45, 7) is 1.62. The van der Waals surface area contributed by atoms with E-state index in [-0.39, 0.29) is 11.5 Å². The Morgan fingerprint density at radius 1 is 1.38 bits per heavy atom. The molecule has 0 fully saturated rings. The zero-order valence-corrected chi connectivity index (χ0v) is 10.0. The molecule has 0 aliphatic heterocycles.